The van der Waals surface area contributed by atoms with E-state index in [1.165, 1.54) is 0 Å². The van der Waals surface area contributed by atoms with E-state index in [2.05, 4.69) is 0 Å². The summed E-state index contributed by atoms with van der Waals surface area (Å²) in [7, 11) is 0. The van der Waals surface area contributed by atoms with E-state index >= 15 is 0 Å². The van der Waals surface area contributed by atoms with Crippen molar-refractivity contribution in [1.82, 2.24) is 0 Å². The molecule has 0 radical (unpaired) electrons. The number of phenols is 1. The lowest BCUT2D eigenvalue weighted by Gasteiger charge is -2.21. The highest BCUT2D eigenvalue weighted by molar-refractivity contribution is 5.86. The second-order valence-corrected chi connectivity index (χ2v) is 4.56. The number of furan rings is 1. The molecule has 0 bridgehead atoms. The molecule has 1 heterocycles. The van der Waals surface area contributed by atoms with Gasteiger partial charge in [0.1, 0.15) is 11.5 Å². The van der Waals surface area contributed by atoms with Gasteiger partial charge in [0.2, 0.25) is 5.76 Å². The van der Waals surface area contributed by atoms with Gasteiger partial charge in [-0.2, -0.15) is 0 Å². The van der Waals surface area contributed by atoms with Crippen molar-refractivity contribution in [2.75, 3.05) is 11.4 Å². The lowest BCUT2D eigenvalue weighted by atomic mass is 10.2. The number of carboxylic acid groups (broad SMARTS) is 1. The Morgan fingerprint density at radius 2 is 2.10 bits per heavy atom. The number of hydrogen-bond donors (Lipinski definition) is 2. The van der Waals surface area contributed by atoms with Gasteiger partial charge in [0, 0.05) is 23.9 Å². The topological polar surface area (TPSA) is 73.9 Å². The van der Waals surface area contributed by atoms with Gasteiger partial charge in [-0.15, -0.1) is 0 Å². The van der Waals surface area contributed by atoms with Gasteiger partial charge < -0.3 is 19.5 Å². The molecule has 5 heteroatoms. The Morgan fingerprint density at radius 1 is 1.35 bits per heavy atom. The zero-order valence-corrected chi connectivity index (χ0v) is 11.5. The molecule has 0 aliphatic carbocycles. The summed E-state index contributed by atoms with van der Waals surface area (Å²) in [6, 6.07) is 8.66. The van der Waals surface area contributed by atoms with Crippen LogP contribution in [0.15, 0.2) is 34.7 Å². The number of anilines is 1. The fourth-order valence-electron chi connectivity index (χ4n) is 2.10. The standard InChI is InChI=1S/C15H17NO4/c1-3-16(11-5-4-6-12(17)8-11)9-13-7-10(2)14(20-13)15(18)19/h4-8,17H,3,9H2,1-2H3,(H,18,19). The third kappa shape index (κ3) is 2.93. The van der Waals surface area contributed by atoms with Gasteiger partial charge in [-0.1, -0.05) is 6.07 Å². The molecule has 1 aromatic carbocycles. The van der Waals surface area contributed by atoms with Gasteiger partial charge in [-0.05, 0) is 32.0 Å². The number of aromatic carboxylic acids is 1. The Balaban J connectivity index is 2.22. The third-order valence-corrected chi connectivity index (χ3v) is 3.09. The molecule has 0 saturated carbocycles. The zero-order chi connectivity index (χ0) is 14.7. The van der Waals surface area contributed by atoms with Crippen molar-refractivity contribution >= 4 is 11.7 Å². The largest absolute Gasteiger partial charge is 0.508 e. The summed E-state index contributed by atoms with van der Waals surface area (Å²) < 4.78 is 5.36. The van der Waals surface area contributed by atoms with Gasteiger partial charge in [0.25, 0.3) is 0 Å². The lowest BCUT2D eigenvalue weighted by Crippen LogP contribution is -2.21. The quantitative estimate of drug-likeness (QED) is 0.877. The molecule has 0 saturated heterocycles. The van der Waals surface area contributed by atoms with E-state index in [4.69, 9.17) is 9.52 Å². The van der Waals surface area contributed by atoms with Gasteiger partial charge >= 0.3 is 5.97 Å². The van der Waals surface area contributed by atoms with Crippen LogP contribution in [-0.4, -0.2) is 22.7 Å². The Kier molecular flexibility index (Phi) is 3.98. The molecule has 2 N–H and O–H groups in total. The van der Waals surface area contributed by atoms with Crippen LogP contribution in [-0.2, 0) is 6.54 Å². The molecular weight excluding hydrogens is 258 g/mol. The van der Waals surface area contributed by atoms with Crippen LogP contribution in [0.1, 0.15) is 28.8 Å². The maximum atomic E-state index is 11.0. The Bertz CT molecular complexity index is 618. The molecule has 5 nitrogen and oxygen atoms in total. The second kappa shape index (κ2) is 5.69. The molecule has 0 spiro atoms. The van der Waals surface area contributed by atoms with E-state index in [9.17, 15) is 9.90 Å². The van der Waals surface area contributed by atoms with E-state index in [-0.39, 0.29) is 11.5 Å². The molecule has 0 unspecified atom stereocenters. The Hall–Kier alpha value is -2.43. The van der Waals surface area contributed by atoms with E-state index in [1.807, 2.05) is 17.9 Å². The number of hydrogen-bond acceptors (Lipinski definition) is 4. The minimum absolute atomic E-state index is 0.0213. The van der Waals surface area contributed by atoms with Crippen LogP contribution in [0, 0.1) is 6.92 Å². The maximum absolute atomic E-state index is 11.0. The van der Waals surface area contributed by atoms with Crippen LogP contribution in [0.4, 0.5) is 5.69 Å². The van der Waals surface area contributed by atoms with Gasteiger partial charge in [0.05, 0.1) is 6.54 Å². The normalized spacial score (nSPS) is 10.5. The fourth-order valence-corrected chi connectivity index (χ4v) is 2.10. The van der Waals surface area contributed by atoms with E-state index < -0.39 is 5.97 Å². The summed E-state index contributed by atoms with van der Waals surface area (Å²) in [5, 5.41) is 18.5. The van der Waals surface area contributed by atoms with Gasteiger partial charge in [-0.3, -0.25) is 0 Å². The smallest absolute Gasteiger partial charge is 0.372 e. The summed E-state index contributed by atoms with van der Waals surface area (Å²) in [5.74, 6) is -0.297. The van der Waals surface area contributed by atoms with Crippen molar-refractivity contribution in [3.63, 3.8) is 0 Å². The average Bonchev–Trinajstić information content (AvgIpc) is 2.77. The highest BCUT2D eigenvalue weighted by Gasteiger charge is 2.16. The maximum Gasteiger partial charge on any atom is 0.372 e. The minimum Gasteiger partial charge on any atom is -0.508 e. The minimum atomic E-state index is -1.06. The molecule has 2 aromatic rings. The number of aromatic hydroxyl groups is 1. The number of rotatable bonds is 5. The molecule has 0 fully saturated rings. The molecule has 20 heavy (non-hydrogen) atoms. The molecule has 0 aliphatic heterocycles. The van der Waals surface area contributed by atoms with Crippen molar-refractivity contribution in [3.8, 4) is 5.75 Å². The van der Waals surface area contributed by atoms with Crippen molar-refractivity contribution in [1.29, 1.82) is 0 Å². The molecular formula is C15H17NO4. The van der Waals surface area contributed by atoms with Crippen LogP contribution >= 0.6 is 0 Å². The summed E-state index contributed by atoms with van der Waals surface area (Å²) in [5.41, 5.74) is 1.47. The first kappa shape index (κ1) is 14.0. The monoisotopic (exact) mass is 275 g/mol. The highest BCUT2D eigenvalue weighted by Crippen LogP contribution is 2.23. The zero-order valence-electron chi connectivity index (χ0n) is 11.5. The molecule has 2 rings (SSSR count). The van der Waals surface area contributed by atoms with Crippen LogP contribution in [0.3, 0.4) is 0 Å². The van der Waals surface area contributed by atoms with Crippen molar-refractivity contribution in [3.05, 3.63) is 47.4 Å². The van der Waals surface area contributed by atoms with E-state index in [1.54, 1.807) is 31.2 Å². The molecule has 106 valence electrons. The molecule has 0 atom stereocenters. The van der Waals surface area contributed by atoms with Gasteiger partial charge in [0.15, 0.2) is 0 Å². The number of carbonyl (C=O) groups is 1. The summed E-state index contributed by atoms with van der Waals surface area (Å²) in [4.78, 5) is 13.0. The van der Waals surface area contributed by atoms with Crippen LogP contribution in [0.25, 0.3) is 0 Å². The first-order valence-corrected chi connectivity index (χ1v) is 6.38. The number of nitrogens with zero attached hydrogens (tertiary/aromatic N) is 1. The lowest BCUT2D eigenvalue weighted by molar-refractivity contribution is 0.0659. The molecule has 1 aromatic heterocycles. The van der Waals surface area contributed by atoms with Crippen molar-refractivity contribution in [2.45, 2.75) is 20.4 Å². The average molecular weight is 275 g/mol. The highest BCUT2D eigenvalue weighted by atomic mass is 16.4. The number of phenolic OH excluding ortho intramolecular Hbond substituents is 1. The molecule has 0 aliphatic rings. The summed E-state index contributed by atoms with van der Waals surface area (Å²) in [6.45, 7) is 4.86. The SMILES string of the molecule is CCN(Cc1cc(C)c(C(=O)O)o1)c1cccc(O)c1. The number of carboxylic acids is 1. The van der Waals surface area contributed by atoms with Crippen LogP contribution < -0.4 is 4.90 Å². The Labute approximate surface area is 117 Å². The predicted molar refractivity (Wildman–Crippen MR) is 75.2 cm³/mol. The van der Waals surface area contributed by atoms with Crippen molar-refractivity contribution < 1.29 is 19.4 Å². The van der Waals surface area contributed by atoms with E-state index in [0.29, 0.717) is 24.4 Å². The number of benzene rings is 1. The van der Waals surface area contributed by atoms with Crippen molar-refractivity contribution in [2.24, 2.45) is 0 Å². The first-order chi connectivity index (χ1) is 9.51. The van der Waals surface area contributed by atoms with E-state index in [0.717, 1.165) is 5.69 Å². The first-order valence-electron chi connectivity index (χ1n) is 6.38. The summed E-state index contributed by atoms with van der Waals surface area (Å²) in [6.07, 6.45) is 0. The van der Waals surface area contributed by atoms with Crippen LogP contribution in [0.5, 0.6) is 5.75 Å². The van der Waals surface area contributed by atoms with Crippen LogP contribution in [0.2, 0.25) is 0 Å². The predicted octanol–water partition coefficient (Wildman–Crippen LogP) is 3.02. The third-order valence-electron chi connectivity index (χ3n) is 3.09. The van der Waals surface area contributed by atoms with Gasteiger partial charge in [-0.25, -0.2) is 4.79 Å². The fraction of sp³-hybridized carbons (Fsp3) is 0.267. The summed E-state index contributed by atoms with van der Waals surface area (Å²) >= 11 is 0. The molecule has 0 amide bonds. The second-order valence-electron chi connectivity index (χ2n) is 4.56. The number of aryl methyl sites for hydroxylation is 1. The Morgan fingerprint density at radius 3 is 2.65 bits per heavy atom.